The van der Waals surface area contributed by atoms with Crippen LogP contribution in [-0.4, -0.2) is 32.1 Å². The summed E-state index contributed by atoms with van der Waals surface area (Å²) >= 11 is 5.91. The molecule has 0 saturated carbocycles. The van der Waals surface area contributed by atoms with Crippen molar-refractivity contribution in [1.82, 2.24) is 0 Å². The van der Waals surface area contributed by atoms with E-state index in [1.807, 2.05) is 0 Å². The maximum absolute atomic E-state index is 12.0. The van der Waals surface area contributed by atoms with Gasteiger partial charge >= 0.3 is 0 Å². The van der Waals surface area contributed by atoms with Gasteiger partial charge in [-0.3, -0.25) is 9.59 Å². The molecular weight excluding hydrogens is 372 g/mol. The van der Waals surface area contributed by atoms with Gasteiger partial charge in [0.05, 0.1) is 19.9 Å². The molecule has 0 aliphatic carbocycles. The van der Waals surface area contributed by atoms with E-state index >= 15 is 0 Å². The van der Waals surface area contributed by atoms with Crippen LogP contribution in [-0.2, 0) is 16.2 Å². The molecule has 0 heterocycles. The molecule has 2 rings (SSSR count). The molecule has 142 valence electrons. The number of benzene rings is 2. The molecule has 0 saturated heterocycles. The van der Waals surface area contributed by atoms with Crippen molar-refractivity contribution in [2.75, 3.05) is 19.5 Å². The lowest BCUT2D eigenvalue weighted by Crippen LogP contribution is -2.13. The van der Waals surface area contributed by atoms with Gasteiger partial charge in [-0.25, -0.2) is 0 Å². The van der Waals surface area contributed by atoms with E-state index in [9.17, 15) is 9.59 Å². The number of halogens is 1. The van der Waals surface area contributed by atoms with E-state index in [0.717, 1.165) is 6.21 Å². The average Bonchev–Trinajstić information content (AvgIpc) is 2.65. The number of ketones is 1. The Morgan fingerprint density at radius 1 is 1.11 bits per heavy atom. The summed E-state index contributed by atoms with van der Waals surface area (Å²) in [6.07, 6.45) is 0.988. The van der Waals surface area contributed by atoms with Gasteiger partial charge in [0.15, 0.2) is 5.78 Å². The summed E-state index contributed by atoms with van der Waals surface area (Å²) in [6.45, 7) is 1.51. The quantitative estimate of drug-likeness (QED) is 0.422. The van der Waals surface area contributed by atoms with E-state index in [0.29, 0.717) is 33.3 Å². The molecule has 0 aliphatic rings. The Hall–Kier alpha value is -3.06. The van der Waals surface area contributed by atoms with Gasteiger partial charge in [-0.15, -0.1) is 0 Å². The highest BCUT2D eigenvalue weighted by atomic mass is 35.5. The van der Waals surface area contributed by atoms with Gasteiger partial charge in [0.25, 0.3) is 5.91 Å². The second-order valence-electron chi connectivity index (χ2n) is 5.42. The highest BCUT2D eigenvalue weighted by Gasteiger charge is 2.09. The zero-order valence-corrected chi connectivity index (χ0v) is 15.9. The number of ether oxygens (including phenoxy) is 2. The molecule has 8 heteroatoms. The third-order valence-corrected chi connectivity index (χ3v) is 3.81. The SMILES string of the molecule is COc1ccc(C(C)=O)cc1CO/N=C\C(=O)Nc1cc(Cl)ccc1OC. The number of anilines is 1. The molecular formula is C19H19ClN2O5. The van der Waals surface area contributed by atoms with E-state index in [2.05, 4.69) is 10.5 Å². The molecule has 27 heavy (non-hydrogen) atoms. The Labute approximate surface area is 161 Å². The smallest absolute Gasteiger partial charge is 0.270 e. The number of rotatable bonds is 8. The lowest BCUT2D eigenvalue weighted by molar-refractivity contribution is -0.110. The van der Waals surface area contributed by atoms with E-state index in [1.165, 1.54) is 21.1 Å². The first kappa shape index (κ1) is 20.3. The van der Waals surface area contributed by atoms with Crippen LogP contribution in [0, 0.1) is 0 Å². The largest absolute Gasteiger partial charge is 0.496 e. The Morgan fingerprint density at radius 3 is 2.48 bits per heavy atom. The normalized spacial score (nSPS) is 10.5. The van der Waals surface area contributed by atoms with Crippen LogP contribution in [0.15, 0.2) is 41.6 Å². The van der Waals surface area contributed by atoms with Crippen molar-refractivity contribution in [3.8, 4) is 11.5 Å². The first-order valence-corrected chi connectivity index (χ1v) is 8.30. The Morgan fingerprint density at radius 2 is 1.81 bits per heavy atom. The molecule has 1 amide bonds. The number of carbonyl (C=O) groups excluding carboxylic acids is 2. The average molecular weight is 391 g/mol. The number of carbonyl (C=O) groups is 2. The summed E-state index contributed by atoms with van der Waals surface area (Å²) in [5.74, 6) is 0.438. The van der Waals surface area contributed by atoms with Gasteiger partial charge in [-0.1, -0.05) is 16.8 Å². The fraction of sp³-hybridized carbons (Fsp3) is 0.211. The third kappa shape index (κ3) is 5.72. The molecule has 0 spiro atoms. The molecule has 0 radical (unpaired) electrons. The molecule has 0 bridgehead atoms. The monoisotopic (exact) mass is 390 g/mol. The number of Topliss-reactive ketones (excluding diaryl/α,β-unsaturated/α-hetero) is 1. The molecule has 2 aromatic carbocycles. The van der Waals surface area contributed by atoms with Crippen LogP contribution < -0.4 is 14.8 Å². The summed E-state index contributed by atoms with van der Waals surface area (Å²) in [5, 5.41) is 6.70. The molecule has 0 atom stereocenters. The fourth-order valence-corrected chi connectivity index (χ4v) is 2.42. The first-order chi connectivity index (χ1) is 12.9. The van der Waals surface area contributed by atoms with Crippen LogP contribution in [0.1, 0.15) is 22.8 Å². The topological polar surface area (TPSA) is 86.2 Å². The second-order valence-corrected chi connectivity index (χ2v) is 5.86. The van der Waals surface area contributed by atoms with Crippen molar-refractivity contribution < 1.29 is 23.9 Å². The van der Waals surface area contributed by atoms with Crippen molar-refractivity contribution in [2.24, 2.45) is 5.16 Å². The van der Waals surface area contributed by atoms with Crippen molar-refractivity contribution in [3.05, 3.63) is 52.5 Å². The Balaban J connectivity index is 1.98. The first-order valence-electron chi connectivity index (χ1n) is 7.92. The van der Waals surface area contributed by atoms with E-state index in [1.54, 1.807) is 36.4 Å². The molecule has 1 N–H and O–H groups in total. The lowest BCUT2D eigenvalue weighted by Gasteiger charge is -2.09. The number of hydrogen-bond acceptors (Lipinski definition) is 6. The van der Waals surface area contributed by atoms with Crippen molar-refractivity contribution >= 4 is 35.2 Å². The molecule has 0 unspecified atom stereocenters. The summed E-state index contributed by atoms with van der Waals surface area (Å²) in [4.78, 5) is 28.6. The van der Waals surface area contributed by atoms with E-state index in [-0.39, 0.29) is 12.4 Å². The second kappa shape index (κ2) is 9.59. The number of oxime groups is 1. The number of nitrogens with zero attached hydrogens (tertiary/aromatic N) is 1. The van der Waals surface area contributed by atoms with Crippen LogP contribution in [0.25, 0.3) is 0 Å². The maximum Gasteiger partial charge on any atom is 0.270 e. The predicted octanol–water partition coefficient (Wildman–Crippen LogP) is 3.70. The number of hydrogen-bond donors (Lipinski definition) is 1. The minimum absolute atomic E-state index is 0.0363. The van der Waals surface area contributed by atoms with Crippen molar-refractivity contribution in [1.29, 1.82) is 0 Å². The summed E-state index contributed by atoms with van der Waals surface area (Å²) in [7, 11) is 3.00. The van der Waals surface area contributed by atoms with Crippen molar-refractivity contribution in [3.63, 3.8) is 0 Å². The number of methoxy groups -OCH3 is 2. The zero-order valence-electron chi connectivity index (χ0n) is 15.1. The summed E-state index contributed by atoms with van der Waals surface area (Å²) < 4.78 is 10.4. The van der Waals surface area contributed by atoms with Crippen LogP contribution in [0.4, 0.5) is 5.69 Å². The maximum atomic E-state index is 12.0. The minimum atomic E-state index is -0.514. The Bertz CT molecular complexity index is 867. The van der Waals surface area contributed by atoms with Crippen LogP contribution >= 0.6 is 11.6 Å². The highest BCUT2D eigenvalue weighted by Crippen LogP contribution is 2.27. The summed E-state index contributed by atoms with van der Waals surface area (Å²) in [5.41, 5.74) is 1.58. The van der Waals surface area contributed by atoms with Gasteiger partial charge in [0, 0.05) is 16.1 Å². The molecule has 2 aromatic rings. The van der Waals surface area contributed by atoms with Gasteiger partial charge in [-0.05, 0) is 43.3 Å². The fourth-order valence-electron chi connectivity index (χ4n) is 2.25. The number of nitrogens with one attached hydrogen (secondary N) is 1. The van der Waals surface area contributed by atoms with Crippen molar-refractivity contribution in [2.45, 2.75) is 13.5 Å². The highest BCUT2D eigenvalue weighted by molar-refractivity contribution is 6.33. The van der Waals surface area contributed by atoms with E-state index < -0.39 is 5.91 Å². The molecule has 0 aliphatic heterocycles. The molecule has 7 nitrogen and oxygen atoms in total. The predicted molar refractivity (Wildman–Crippen MR) is 103 cm³/mol. The van der Waals surface area contributed by atoms with Gasteiger partial charge < -0.3 is 19.6 Å². The zero-order chi connectivity index (χ0) is 19.8. The lowest BCUT2D eigenvalue weighted by atomic mass is 10.1. The molecule has 0 aromatic heterocycles. The number of amides is 1. The van der Waals surface area contributed by atoms with Gasteiger partial charge in [-0.2, -0.15) is 0 Å². The van der Waals surface area contributed by atoms with Gasteiger partial charge in [0.1, 0.15) is 24.3 Å². The van der Waals surface area contributed by atoms with Crippen LogP contribution in [0.2, 0.25) is 5.02 Å². The third-order valence-electron chi connectivity index (χ3n) is 3.57. The van der Waals surface area contributed by atoms with Crippen LogP contribution in [0.3, 0.4) is 0 Å². The Kier molecular flexibility index (Phi) is 7.19. The summed E-state index contributed by atoms with van der Waals surface area (Å²) in [6, 6.07) is 9.85. The van der Waals surface area contributed by atoms with E-state index in [4.69, 9.17) is 25.9 Å². The molecule has 0 fully saturated rings. The minimum Gasteiger partial charge on any atom is -0.496 e. The standard InChI is InChI=1S/C19H19ClN2O5/c1-12(23)13-4-6-17(25-2)14(8-13)11-27-21-10-19(24)22-16-9-15(20)5-7-18(16)26-3/h4-10H,11H2,1-3H3,(H,22,24)/b21-10-. The van der Waals surface area contributed by atoms with Crippen LogP contribution in [0.5, 0.6) is 11.5 Å². The van der Waals surface area contributed by atoms with Gasteiger partial charge in [0.2, 0.25) is 0 Å².